The third-order valence-corrected chi connectivity index (χ3v) is 2.37. The molecule has 0 aliphatic heterocycles. The summed E-state index contributed by atoms with van der Waals surface area (Å²) in [7, 11) is 0. The molecule has 17 heavy (non-hydrogen) atoms. The van der Waals surface area contributed by atoms with Crippen molar-refractivity contribution in [2.75, 3.05) is 13.2 Å². The highest BCUT2D eigenvalue weighted by atomic mass is 16.5. The van der Waals surface area contributed by atoms with Crippen molar-refractivity contribution in [3.05, 3.63) is 18.2 Å². The Bertz CT molecular complexity index is 351. The second-order valence-electron chi connectivity index (χ2n) is 3.66. The van der Waals surface area contributed by atoms with Crippen molar-refractivity contribution in [1.29, 1.82) is 0 Å². The third kappa shape index (κ3) is 3.74. The lowest BCUT2D eigenvalue weighted by molar-refractivity contribution is 0.148. The molecular formula is C11H20N4O2. The normalized spacial score (nSPS) is 12.2. The van der Waals surface area contributed by atoms with Gasteiger partial charge in [0.15, 0.2) is 0 Å². The van der Waals surface area contributed by atoms with E-state index in [9.17, 15) is 4.79 Å². The zero-order chi connectivity index (χ0) is 12.7. The molecular weight excluding hydrogens is 220 g/mol. The molecule has 6 heteroatoms. The monoisotopic (exact) mass is 240 g/mol. The molecule has 0 saturated carbocycles. The molecule has 0 fully saturated rings. The Labute approximate surface area is 101 Å². The van der Waals surface area contributed by atoms with Crippen LogP contribution in [0.2, 0.25) is 0 Å². The maximum absolute atomic E-state index is 11.4. The topological polar surface area (TPSA) is 82.2 Å². The third-order valence-electron chi connectivity index (χ3n) is 2.37. The molecule has 6 nitrogen and oxygen atoms in total. The maximum atomic E-state index is 11.4. The predicted octanol–water partition coefficient (Wildman–Crippen LogP) is 1.04. The lowest BCUT2D eigenvalue weighted by Crippen LogP contribution is -2.35. The molecule has 0 spiro atoms. The van der Waals surface area contributed by atoms with Gasteiger partial charge in [0.2, 0.25) is 0 Å². The van der Waals surface area contributed by atoms with Crippen molar-refractivity contribution in [3.63, 3.8) is 0 Å². The molecule has 1 aromatic rings. The molecule has 1 heterocycles. The first-order chi connectivity index (χ1) is 8.22. The van der Waals surface area contributed by atoms with Gasteiger partial charge in [0.1, 0.15) is 0 Å². The first kappa shape index (κ1) is 13.5. The Hall–Kier alpha value is -1.56. The molecule has 0 bridgehead atoms. The average Bonchev–Trinajstić information content (AvgIpc) is 2.75. The average molecular weight is 240 g/mol. The van der Waals surface area contributed by atoms with E-state index in [2.05, 4.69) is 17.2 Å². The number of ether oxygens (including phenoxy) is 1. The van der Waals surface area contributed by atoms with Gasteiger partial charge in [0.05, 0.1) is 30.9 Å². The molecule has 0 aromatic carbocycles. The highest BCUT2D eigenvalue weighted by Gasteiger charge is 2.17. The fourth-order valence-electron chi connectivity index (χ4n) is 1.62. The number of nitrogens with two attached hydrogens (primary N) is 1. The van der Waals surface area contributed by atoms with Crippen LogP contribution in [0, 0.1) is 0 Å². The van der Waals surface area contributed by atoms with Crippen molar-refractivity contribution < 1.29 is 9.53 Å². The summed E-state index contributed by atoms with van der Waals surface area (Å²) in [5.41, 5.74) is 6.57. The summed E-state index contributed by atoms with van der Waals surface area (Å²) in [4.78, 5) is 15.4. The van der Waals surface area contributed by atoms with E-state index in [1.54, 1.807) is 19.4 Å². The number of amides is 1. The first-order valence-electron chi connectivity index (χ1n) is 5.86. The minimum atomic E-state index is -0.452. The number of hydrogen-bond donors (Lipinski definition) is 2. The van der Waals surface area contributed by atoms with Crippen molar-refractivity contribution in [2.24, 2.45) is 5.73 Å². The molecule has 1 unspecified atom stereocenters. The smallest absolute Gasteiger partial charge is 0.407 e. The van der Waals surface area contributed by atoms with Gasteiger partial charge in [-0.25, -0.2) is 9.78 Å². The van der Waals surface area contributed by atoms with Crippen molar-refractivity contribution in [3.8, 4) is 0 Å². The zero-order valence-electron chi connectivity index (χ0n) is 10.3. The number of imidazole rings is 1. The highest BCUT2D eigenvalue weighted by molar-refractivity contribution is 5.67. The number of hydrogen-bond acceptors (Lipinski definition) is 4. The molecule has 0 aliphatic carbocycles. The number of nitrogens with zero attached hydrogens (tertiary/aromatic N) is 2. The maximum Gasteiger partial charge on any atom is 0.407 e. The van der Waals surface area contributed by atoms with E-state index in [4.69, 9.17) is 10.5 Å². The van der Waals surface area contributed by atoms with Crippen LogP contribution in [0.15, 0.2) is 12.5 Å². The van der Waals surface area contributed by atoms with Crippen LogP contribution in [0.3, 0.4) is 0 Å². The zero-order valence-corrected chi connectivity index (χ0v) is 10.3. The van der Waals surface area contributed by atoms with Crippen LogP contribution >= 0.6 is 0 Å². The largest absolute Gasteiger partial charge is 0.450 e. The van der Waals surface area contributed by atoms with Crippen molar-refractivity contribution in [2.45, 2.75) is 32.9 Å². The fourth-order valence-corrected chi connectivity index (χ4v) is 1.62. The van der Waals surface area contributed by atoms with Crippen LogP contribution in [0.5, 0.6) is 0 Å². The van der Waals surface area contributed by atoms with Crippen LogP contribution in [-0.4, -0.2) is 28.8 Å². The van der Waals surface area contributed by atoms with E-state index in [-0.39, 0.29) is 6.04 Å². The molecule has 1 aromatic heterocycles. The van der Waals surface area contributed by atoms with E-state index in [1.165, 1.54) is 0 Å². The summed E-state index contributed by atoms with van der Waals surface area (Å²) in [6.07, 6.45) is 4.01. The van der Waals surface area contributed by atoms with Crippen LogP contribution in [0.25, 0.3) is 0 Å². The molecule has 1 amide bonds. The summed E-state index contributed by atoms with van der Waals surface area (Å²) in [6, 6.07) is -0.261. The minimum Gasteiger partial charge on any atom is -0.450 e. The number of alkyl carbamates (subject to hydrolysis) is 1. The second-order valence-corrected chi connectivity index (χ2v) is 3.66. The lowest BCUT2D eigenvalue weighted by atomic mass is 10.2. The van der Waals surface area contributed by atoms with E-state index in [0.29, 0.717) is 13.2 Å². The van der Waals surface area contributed by atoms with Gasteiger partial charge in [-0.2, -0.15) is 0 Å². The molecule has 3 N–H and O–H groups in total. The van der Waals surface area contributed by atoms with Crippen LogP contribution < -0.4 is 11.1 Å². The predicted molar refractivity (Wildman–Crippen MR) is 64.5 cm³/mol. The van der Waals surface area contributed by atoms with E-state index in [1.807, 2.05) is 4.57 Å². The van der Waals surface area contributed by atoms with Gasteiger partial charge < -0.3 is 20.4 Å². The van der Waals surface area contributed by atoms with Crippen LogP contribution in [0.1, 0.15) is 32.0 Å². The van der Waals surface area contributed by atoms with Gasteiger partial charge in [-0.05, 0) is 13.3 Å². The molecule has 0 saturated heterocycles. The Kier molecular flexibility index (Phi) is 5.48. The van der Waals surface area contributed by atoms with Crippen LogP contribution in [0.4, 0.5) is 4.79 Å². The number of nitrogens with one attached hydrogen (secondary N) is 1. The van der Waals surface area contributed by atoms with Crippen molar-refractivity contribution in [1.82, 2.24) is 14.9 Å². The van der Waals surface area contributed by atoms with Gasteiger partial charge in [-0.15, -0.1) is 0 Å². The Morgan fingerprint density at radius 1 is 1.65 bits per heavy atom. The van der Waals surface area contributed by atoms with E-state index >= 15 is 0 Å². The number of carbonyl (C=O) groups is 1. The summed E-state index contributed by atoms with van der Waals surface area (Å²) < 4.78 is 6.83. The van der Waals surface area contributed by atoms with Gasteiger partial charge in [0.25, 0.3) is 0 Å². The van der Waals surface area contributed by atoms with Gasteiger partial charge in [-0.3, -0.25) is 0 Å². The first-order valence-corrected chi connectivity index (χ1v) is 5.86. The molecule has 96 valence electrons. The number of aryl methyl sites for hydroxylation is 1. The summed E-state index contributed by atoms with van der Waals surface area (Å²) >= 11 is 0. The molecule has 1 rings (SSSR count). The Balaban J connectivity index is 2.71. The van der Waals surface area contributed by atoms with Gasteiger partial charge >= 0.3 is 6.09 Å². The SMILES string of the molecule is CCCn1cncc1C(CN)NC(=O)OCC. The van der Waals surface area contributed by atoms with Crippen molar-refractivity contribution >= 4 is 6.09 Å². The standard InChI is InChI=1S/C11H20N4O2/c1-3-5-15-8-13-7-10(15)9(6-12)14-11(16)17-4-2/h7-9H,3-6,12H2,1-2H3,(H,14,16). The highest BCUT2D eigenvalue weighted by Crippen LogP contribution is 2.12. The Morgan fingerprint density at radius 2 is 2.41 bits per heavy atom. The number of rotatable bonds is 6. The number of aromatic nitrogens is 2. The minimum absolute atomic E-state index is 0.261. The fraction of sp³-hybridized carbons (Fsp3) is 0.636. The second kappa shape index (κ2) is 6.90. The number of carbonyl (C=O) groups excluding carboxylic acids is 1. The summed E-state index contributed by atoms with van der Waals surface area (Å²) in [5, 5.41) is 2.72. The lowest BCUT2D eigenvalue weighted by Gasteiger charge is -2.18. The molecule has 0 radical (unpaired) electrons. The summed E-state index contributed by atoms with van der Waals surface area (Å²) in [6.45, 7) is 5.36. The van der Waals surface area contributed by atoms with Gasteiger partial charge in [-0.1, -0.05) is 6.92 Å². The molecule has 0 aliphatic rings. The molecule has 1 atom stereocenters. The van der Waals surface area contributed by atoms with E-state index < -0.39 is 6.09 Å². The van der Waals surface area contributed by atoms with Crippen LogP contribution in [-0.2, 0) is 11.3 Å². The van der Waals surface area contributed by atoms with E-state index in [0.717, 1.165) is 18.7 Å². The summed E-state index contributed by atoms with van der Waals surface area (Å²) in [5.74, 6) is 0. The Morgan fingerprint density at radius 3 is 3.00 bits per heavy atom. The quantitative estimate of drug-likeness (QED) is 0.778. The van der Waals surface area contributed by atoms with Gasteiger partial charge in [0, 0.05) is 13.1 Å².